The molecule has 28 heavy (non-hydrogen) atoms. The van der Waals surface area contributed by atoms with E-state index >= 15 is 0 Å². The molecule has 1 heterocycles. The van der Waals surface area contributed by atoms with Crippen molar-refractivity contribution in [1.29, 1.82) is 0 Å². The predicted octanol–water partition coefficient (Wildman–Crippen LogP) is 4.69. The largest absolute Gasteiger partial charge is 0.497 e. The van der Waals surface area contributed by atoms with E-state index in [0.717, 1.165) is 29.7 Å². The van der Waals surface area contributed by atoms with Crippen molar-refractivity contribution in [1.82, 2.24) is 15.3 Å². The van der Waals surface area contributed by atoms with Gasteiger partial charge in [0.15, 0.2) is 5.82 Å². The number of hydrogen-bond acceptors (Lipinski definition) is 4. The molecule has 1 fully saturated rings. The monoisotopic (exact) mass is 393 g/mol. The third-order valence-electron chi connectivity index (χ3n) is 4.87. The highest BCUT2D eigenvalue weighted by atomic mass is 35.5. The van der Waals surface area contributed by atoms with Crippen molar-refractivity contribution < 1.29 is 9.53 Å². The van der Waals surface area contributed by atoms with E-state index in [0.29, 0.717) is 22.3 Å². The number of rotatable bonds is 6. The minimum Gasteiger partial charge on any atom is -0.497 e. The van der Waals surface area contributed by atoms with Crippen LogP contribution in [0.4, 0.5) is 0 Å². The maximum Gasteiger partial charge on any atom is 0.254 e. The standard InChI is InChI=1S/C22H20ClN3O2/c1-28-19-10-6-15(7-11-19)20(14-2-3-14)26-22(27)17-12-24-21(25-13-17)16-4-8-18(23)9-5-16/h4-14,20H,2-3H2,1H3,(H,26,27)/t20-/m1/s1. The molecule has 2 aromatic carbocycles. The summed E-state index contributed by atoms with van der Waals surface area (Å²) in [6, 6.07) is 15.1. The first-order valence-corrected chi connectivity index (χ1v) is 9.54. The van der Waals surface area contributed by atoms with Crippen molar-refractivity contribution in [2.45, 2.75) is 18.9 Å². The molecule has 4 rings (SSSR count). The van der Waals surface area contributed by atoms with Crippen LogP contribution in [0.2, 0.25) is 5.02 Å². The van der Waals surface area contributed by atoms with Crippen molar-refractivity contribution in [2.24, 2.45) is 5.92 Å². The second kappa shape index (κ2) is 7.98. The second-order valence-electron chi connectivity index (χ2n) is 6.86. The Kier molecular flexibility index (Phi) is 5.26. The molecule has 142 valence electrons. The highest BCUT2D eigenvalue weighted by molar-refractivity contribution is 6.30. The van der Waals surface area contributed by atoms with Gasteiger partial charge in [-0.2, -0.15) is 0 Å². The molecule has 1 amide bonds. The maximum atomic E-state index is 12.7. The lowest BCUT2D eigenvalue weighted by Crippen LogP contribution is -2.30. The smallest absolute Gasteiger partial charge is 0.254 e. The van der Waals surface area contributed by atoms with Crippen LogP contribution in [0.3, 0.4) is 0 Å². The summed E-state index contributed by atoms with van der Waals surface area (Å²) < 4.78 is 5.22. The maximum absolute atomic E-state index is 12.7. The Hall–Kier alpha value is -2.92. The molecule has 1 aliphatic rings. The van der Waals surface area contributed by atoms with E-state index in [1.54, 1.807) is 31.6 Å². The van der Waals surface area contributed by atoms with Gasteiger partial charge in [-0.3, -0.25) is 4.79 Å². The Morgan fingerprint density at radius 3 is 2.29 bits per heavy atom. The van der Waals surface area contributed by atoms with Crippen LogP contribution < -0.4 is 10.1 Å². The van der Waals surface area contributed by atoms with E-state index in [1.807, 2.05) is 36.4 Å². The molecule has 3 aromatic rings. The van der Waals surface area contributed by atoms with Crippen molar-refractivity contribution in [3.63, 3.8) is 0 Å². The Morgan fingerprint density at radius 2 is 1.71 bits per heavy atom. The lowest BCUT2D eigenvalue weighted by molar-refractivity contribution is 0.0931. The number of carbonyl (C=O) groups excluding carboxylic acids is 1. The van der Waals surface area contributed by atoms with Gasteiger partial charge < -0.3 is 10.1 Å². The Labute approximate surface area is 168 Å². The quantitative estimate of drug-likeness (QED) is 0.660. The SMILES string of the molecule is COc1ccc([C@H](NC(=O)c2cnc(-c3ccc(Cl)cc3)nc2)C2CC2)cc1. The fourth-order valence-corrected chi connectivity index (χ4v) is 3.26. The molecule has 1 atom stereocenters. The van der Waals surface area contributed by atoms with Gasteiger partial charge in [-0.1, -0.05) is 23.7 Å². The second-order valence-corrected chi connectivity index (χ2v) is 7.30. The lowest BCUT2D eigenvalue weighted by Gasteiger charge is -2.19. The predicted molar refractivity (Wildman–Crippen MR) is 108 cm³/mol. The van der Waals surface area contributed by atoms with E-state index < -0.39 is 0 Å². The van der Waals surface area contributed by atoms with Gasteiger partial charge in [0.1, 0.15) is 5.75 Å². The molecule has 0 radical (unpaired) electrons. The molecule has 1 N–H and O–H groups in total. The number of nitrogens with one attached hydrogen (secondary N) is 1. The van der Waals surface area contributed by atoms with Crippen molar-refractivity contribution in [3.8, 4) is 17.1 Å². The molecular weight excluding hydrogens is 374 g/mol. The fraction of sp³-hybridized carbons (Fsp3) is 0.227. The first kappa shape index (κ1) is 18.4. The van der Waals surface area contributed by atoms with Crippen molar-refractivity contribution in [2.75, 3.05) is 7.11 Å². The fourth-order valence-electron chi connectivity index (χ4n) is 3.13. The van der Waals surface area contributed by atoms with Crippen molar-refractivity contribution >= 4 is 17.5 Å². The summed E-state index contributed by atoms with van der Waals surface area (Å²) >= 11 is 5.91. The zero-order valence-electron chi connectivity index (χ0n) is 15.4. The molecule has 1 aromatic heterocycles. The van der Waals surface area contributed by atoms with E-state index in [-0.39, 0.29) is 11.9 Å². The normalized spacial score (nSPS) is 14.4. The molecular formula is C22H20ClN3O2. The molecule has 6 heteroatoms. The van der Waals surface area contributed by atoms with Crippen LogP contribution in [-0.4, -0.2) is 23.0 Å². The summed E-state index contributed by atoms with van der Waals surface area (Å²) in [7, 11) is 1.64. The van der Waals surface area contributed by atoms with Crippen molar-refractivity contribution in [3.05, 3.63) is 77.1 Å². The molecule has 0 aliphatic heterocycles. The first-order chi connectivity index (χ1) is 13.6. The number of ether oxygens (including phenoxy) is 1. The average molecular weight is 394 g/mol. The van der Waals surface area contributed by atoms with Crippen LogP contribution in [0.25, 0.3) is 11.4 Å². The van der Waals surface area contributed by atoms with Gasteiger partial charge in [-0.25, -0.2) is 9.97 Å². The molecule has 1 saturated carbocycles. The Balaban J connectivity index is 1.49. The highest BCUT2D eigenvalue weighted by Crippen LogP contribution is 2.41. The number of carbonyl (C=O) groups is 1. The van der Waals surface area contributed by atoms with Gasteiger partial charge >= 0.3 is 0 Å². The number of amides is 1. The van der Waals surface area contributed by atoms with Crippen LogP contribution in [0.1, 0.15) is 34.8 Å². The summed E-state index contributed by atoms with van der Waals surface area (Å²) in [4.78, 5) is 21.4. The molecule has 1 aliphatic carbocycles. The van der Waals surface area contributed by atoms with Gasteiger partial charge in [-0.05, 0) is 60.7 Å². The number of halogens is 1. The summed E-state index contributed by atoms with van der Waals surface area (Å²) in [5, 5.41) is 3.80. The van der Waals surface area contributed by atoms with E-state index in [9.17, 15) is 4.79 Å². The minimum absolute atomic E-state index is 0.0191. The Bertz CT molecular complexity index is 953. The van der Waals surface area contributed by atoms with Gasteiger partial charge in [0.25, 0.3) is 5.91 Å². The number of benzene rings is 2. The molecule has 0 spiro atoms. The third kappa shape index (κ3) is 4.15. The van der Waals surface area contributed by atoms with Gasteiger partial charge in [0, 0.05) is 23.0 Å². The van der Waals surface area contributed by atoms with E-state index in [2.05, 4.69) is 15.3 Å². The lowest BCUT2D eigenvalue weighted by atomic mass is 10.0. The number of methoxy groups -OCH3 is 1. The zero-order chi connectivity index (χ0) is 19.5. The molecule has 0 bridgehead atoms. The van der Waals surface area contributed by atoms with Gasteiger partial charge in [0.2, 0.25) is 0 Å². The van der Waals surface area contributed by atoms with Crippen LogP contribution in [0.15, 0.2) is 60.9 Å². The topological polar surface area (TPSA) is 64.1 Å². The first-order valence-electron chi connectivity index (χ1n) is 9.17. The summed E-state index contributed by atoms with van der Waals surface area (Å²) in [5.74, 6) is 1.65. The van der Waals surface area contributed by atoms with E-state index in [4.69, 9.17) is 16.3 Å². The zero-order valence-corrected chi connectivity index (χ0v) is 16.2. The molecule has 0 saturated heterocycles. The Morgan fingerprint density at radius 1 is 1.07 bits per heavy atom. The summed E-state index contributed by atoms with van der Waals surface area (Å²) in [5.41, 5.74) is 2.37. The van der Waals surface area contributed by atoms with Crippen LogP contribution in [0.5, 0.6) is 5.75 Å². The summed E-state index contributed by atoms with van der Waals surface area (Å²) in [6.07, 6.45) is 5.35. The van der Waals surface area contributed by atoms with Crippen LogP contribution >= 0.6 is 11.6 Å². The van der Waals surface area contributed by atoms with Crippen LogP contribution in [-0.2, 0) is 0 Å². The third-order valence-corrected chi connectivity index (χ3v) is 5.12. The number of nitrogens with zero attached hydrogens (tertiary/aromatic N) is 2. The average Bonchev–Trinajstić information content (AvgIpc) is 3.58. The van der Waals surface area contributed by atoms with Gasteiger partial charge in [0.05, 0.1) is 18.7 Å². The number of aromatic nitrogens is 2. The molecule has 0 unspecified atom stereocenters. The highest BCUT2D eigenvalue weighted by Gasteiger charge is 2.33. The van der Waals surface area contributed by atoms with Gasteiger partial charge in [-0.15, -0.1) is 0 Å². The van der Waals surface area contributed by atoms with E-state index in [1.165, 1.54) is 0 Å². The minimum atomic E-state index is -0.171. The summed E-state index contributed by atoms with van der Waals surface area (Å²) in [6.45, 7) is 0. The number of hydrogen-bond donors (Lipinski definition) is 1. The molecule has 5 nitrogen and oxygen atoms in total. The van der Waals surface area contributed by atoms with Crippen LogP contribution in [0, 0.1) is 5.92 Å².